The van der Waals surface area contributed by atoms with E-state index in [9.17, 15) is 0 Å². The van der Waals surface area contributed by atoms with Gasteiger partial charge in [-0.15, -0.1) is 11.6 Å². The van der Waals surface area contributed by atoms with Gasteiger partial charge in [-0.1, -0.05) is 75.8 Å². The number of ether oxygens (including phenoxy) is 2. The van der Waals surface area contributed by atoms with E-state index in [1.54, 1.807) is 0 Å². The number of benzene rings is 2. The minimum atomic E-state index is -0.490. The van der Waals surface area contributed by atoms with Crippen molar-refractivity contribution in [1.29, 1.82) is 0 Å². The third-order valence-corrected chi connectivity index (χ3v) is 6.28. The molecule has 3 N–H and O–H groups in total. The number of rotatable bonds is 14. The third kappa shape index (κ3) is 7.82. The van der Waals surface area contributed by atoms with Crippen molar-refractivity contribution >= 4 is 11.6 Å². The van der Waals surface area contributed by atoms with Gasteiger partial charge in [0.1, 0.15) is 18.0 Å². The lowest BCUT2D eigenvalue weighted by atomic mass is 9.81. The minimum absolute atomic E-state index is 0. The van der Waals surface area contributed by atoms with Gasteiger partial charge in [0.2, 0.25) is 0 Å². The lowest BCUT2D eigenvalue weighted by Gasteiger charge is -2.37. The van der Waals surface area contributed by atoms with E-state index in [4.69, 9.17) is 21.1 Å². The molecule has 174 valence electrons. The van der Waals surface area contributed by atoms with Crippen LogP contribution in [0.15, 0.2) is 42.5 Å². The Morgan fingerprint density at radius 2 is 1.55 bits per heavy atom. The van der Waals surface area contributed by atoms with Crippen LogP contribution < -0.4 is 10.9 Å². The van der Waals surface area contributed by atoms with Gasteiger partial charge in [-0.3, -0.25) is 0 Å². The second kappa shape index (κ2) is 14.5. The Bertz CT molecular complexity index is 750. The highest BCUT2D eigenvalue weighted by atomic mass is 35.5. The maximum absolute atomic E-state index is 6.56. The molecule has 0 aliphatic carbocycles. The molecular formula is C27H42ClNO2. The Balaban J connectivity index is 0.00000480. The zero-order chi connectivity index (χ0) is 21.8. The zero-order valence-corrected chi connectivity index (χ0v) is 20.8. The molecule has 3 nitrogen and oxygen atoms in total. The molecule has 0 radical (unpaired) electrons. The summed E-state index contributed by atoms with van der Waals surface area (Å²) in [4.78, 5) is 0. The average molecular weight is 448 g/mol. The van der Waals surface area contributed by atoms with Gasteiger partial charge in [0.25, 0.3) is 0 Å². The molecule has 0 fully saturated rings. The number of alkyl halides is 1. The molecule has 0 saturated heterocycles. The van der Waals surface area contributed by atoms with Gasteiger partial charge in [0, 0.05) is 12.5 Å². The van der Waals surface area contributed by atoms with Crippen LogP contribution in [0.3, 0.4) is 0 Å². The quantitative estimate of drug-likeness (QED) is 0.234. The van der Waals surface area contributed by atoms with Gasteiger partial charge in [-0.05, 0) is 61.6 Å². The maximum atomic E-state index is 6.56. The van der Waals surface area contributed by atoms with E-state index in [-0.39, 0.29) is 6.15 Å². The van der Waals surface area contributed by atoms with Crippen LogP contribution in [-0.4, -0.2) is 13.2 Å². The van der Waals surface area contributed by atoms with Crippen molar-refractivity contribution in [3.8, 4) is 5.75 Å². The summed E-state index contributed by atoms with van der Waals surface area (Å²) in [5, 5.41) is 0. The summed E-state index contributed by atoms with van der Waals surface area (Å²) in [7, 11) is 0. The van der Waals surface area contributed by atoms with Crippen molar-refractivity contribution in [3.05, 3.63) is 64.7 Å². The van der Waals surface area contributed by atoms with Crippen LogP contribution in [0.1, 0.15) is 81.0 Å². The van der Waals surface area contributed by atoms with Gasteiger partial charge in [0.15, 0.2) is 0 Å². The molecule has 0 heterocycles. The molecule has 0 saturated carbocycles. The van der Waals surface area contributed by atoms with Crippen LogP contribution >= 0.6 is 11.6 Å². The summed E-state index contributed by atoms with van der Waals surface area (Å²) in [6.45, 7) is 9.82. The van der Waals surface area contributed by atoms with Crippen LogP contribution in [0.2, 0.25) is 0 Å². The molecular weight excluding hydrogens is 406 g/mol. The highest BCUT2D eigenvalue weighted by Gasteiger charge is 2.37. The number of hydrogen-bond acceptors (Lipinski definition) is 3. The Kier molecular flexibility index (Phi) is 12.9. The zero-order valence-electron chi connectivity index (χ0n) is 20.0. The first kappa shape index (κ1) is 27.5. The van der Waals surface area contributed by atoms with Crippen LogP contribution in [0.4, 0.5) is 0 Å². The maximum Gasteiger partial charge on any atom is 0.127 e. The van der Waals surface area contributed by atoms with Gasteiger partial charge in [-0.25, -0.2) is 0 Å². The fourth-order valence-corrected chi connectivity index (χ4v) is 4.48. The van der Waals surface area contributed by atoms with Crippen LogP contribution in [0.25, 0.3) is 0 Å². The summed E-state index contributed by atoms with van der Waals surface area (Å²) in [5.74, 6) is 1.36. The first-order valence-corrected chi connectivity index (χ1v) is 12.1. The first-order valence-electron chi connectivity index (χ1n) is 11.5. The van der Waals surface area contributed by atoms with E-state index in [1.807, 2.05) is 30.3 Å². The molecule has 0 bridgehead atoms. The second-order valence-electron chi connectivity index (χ2n) is 8.22. The Labute approximate surface area is 195 Å². The molecule has 1 atom stereocenters. The summed E-state index contributed by atoms with van der Waals surface area (Å²) in [6, 6.07) is 14.4. The molecule has 0 amide bonds. The highest BCUT2D eigenvalue weighted by Crippen LogP contribution is 2.39. The lowest BCUT2D eigenvalue weighted by Crippen LogP contribution is -2.38. The van der Waals surface area contributed by atoms with Crippen molar-refractivity contribution in [2.24, 2.45) is 0 Å². The van der Waals surface area contributed by atoms with E-state index in [0.29, 0.717) is 19.1 Å². The molecule has 0 spiro atoms. The predicted octanol–water partition coefficient (Wildman–Crippen LogP) is 8.27. The lowest BCUT2D eigenvalue weighted by molar-refractivity contribution is -0.0818. The molecule has 0 aliphatic heterocycles. The highest BCUT2D eigenvalue weighted by molar-refractivity contribution is 6.17. The van der Waals surface area contributed by atoms with Crippen molar-refractivity contribution in [2.75, 3.05) is 13.2 Å². The number of para-hydroxylation sites is 1. The molecule has 0 aliphatic rings. The molecule has 31 heavy (non-hydrogen) atoms. The van der Waals surface area contributed by atoms with E-state index < -0.39 is 5.60 Å². The summed E-state index contributed by atoms with van der Waals surface area (Å²) in [6.07, 6.45) is 8.47. The first-order chi connectivity index (χ1) is 14.6. The van der Waals surface area contributed by atoms with E-state index >= 15 is 0 Å². The molecule has 4 heteroatoms. The monoisotopic (exact) mass is 447 g/mol. The average Bonchev–Trinajstić information content (AvgIpc) is 2.77. The van der Waals surface area contributed by atoms with Crippen molar-refractivity contribution in [1.82, 2.24) is 6.15 Å². The van der Waals surface area contributed by atoms with Crippen molar-refractivity contribution in [2.45, 2.75) is 84.1 Å². The number of hydrogen-bond donors (Lipinski definition) is 1. The smallest absolute Gasteiger partial charge is 0.127 e. The summed E-state index contributed by atoms with van der Waals surface area (Å²) < 4.78 is 12.9. The van der Waals surface area contributed by atoms with E-state index in [2.05, 4.69) is 39.8 Å². The normalized spacial score (nSPS) is 12.8. The minimum Gasteiger partial charge on any atom is -0.490 e. The number of halogens is 1. The van der Waals surface area contributed by atoms with Crippen molar-refractivity contribution < 1.29 is 9.47 Å². The van der Waals surface area contributed by atoms with Gasteiger partial charge in [-0.2, -0.15) is 0 Å². The third-order valence-electron chi connectivity index (χ3n) is 5.99. The largest absolute Gasteiger partial charge is 0.490 e. The van der Waals surface area contributed by atoms with E-state index in [0.717, 1.165) is 24.2 Å². The second-order valence-corrected chi connectivity index (χ2v) is 8.49. The van der Waals surface area contributed by atoms with Crippen LogP contribution in [0.5, 0.6) is 5.75 Å². The van der Waals surface area contributed by atoms with Gasteiger partial charge < -0.3 is 15.6 Å². The van der Waals surface area contributed by atoms with Crippen LogP contribution in [0, 0.1) is 13.8 Å². The molecule has 1 unspecified atom stereocenters. The van der Waals surface area contributed by atoms with E-state index in [1.165, 1.54) is 48.8 Å². The topological polar surface area (TPSA) is 53.5 Å². The van der Waals surface area contributed by atoms with Gasteiger partial charge in [0.05, 0.1) is 0 Å². The molecule has 2 rings (SSSR count). The number of aryl methyl sites for hydroxylation is 1. The molecule has 2 aromatic carbocycles. The Hall–Kier alpha value is -1.55. The molecule has 2 aromatic rings. The standard InChI is InChI=1S/C27H39ClO2.H3N/c1-5-7-8-9-10-14-19-27(30-6-2,21-29-25-15-12-11-13-16-25)26-23(4)22(3)17-18-24(26)20-28;/h11-13,15-18H,5-10,14,19-21H2,1-4H3;1H3. The Morgan fingerprint density at radius 1 is 0.871 bits per heavy atom. The van der Waals surface area contributed by atoms with Crippen LogP contribution in [-0.2, 0) is 16.2 Å². The number of unbranched alkanes of at least 4 members (excludes halogenated alkanes) is 5. The fourth-order valence-electron chi connectivity index (χ4n) is 4.26. The SMILES string of the molecule is CCCCCCCCC(COc1ccccc1)(OCC)c1c(CCl)ccc(C)c1C.N. The summed E-state index contributed by atoms with van der Waals surface area (Å²) in [5.41, 5.74) is 4.42. The fraction of sp³-hybridized carbons (Fsp3) is 0.556. The molecule has 0 aromatic heterocycles. The van der Waals surface area contributed by atoms with Gasteiger partial charge >= 0.3 is 0 Å². The predicted molar refractivity (Wildman–Crippen MR) is 134 cm³/mol. The summed E-state index contributed by atoms with van der Waals surface area (Å²) >= 11 is 6.40. The Morgan fingerprint density at radius 3 is 2.19 bits per heavy atom. The van der Waals surface area contributed by atoms with Crippen molar-refractivity contribution in [3.63, 3.8) is 0 Å².